The highest BCUT2D eigenvalue weighted by Gasteiger charge is 2.14. The molecular formula is C9H15NO3. The second-order valence-corrected chi connectivity index (χ2v) is 3.27. The number of ether oxygens (including phenoxy) is 1. The average molecular weight is 185 g/mol. The van der Waals surface area contributed by atoms with Crippen LogP contribution in [0.3, 0.4) is 0 Å². The first-order chi connectivity index (χ1) is 6.18. The Balaban J connectivity index is 2.44. The zero-order chi connectivity index (χ0) is 9.68. The Morgan fingerprint density at radius 2 is 2.23 bits per heavy atom. The van der Waals surface area contributed by atoms with Gasteiger partial charge in [-0.15, -0.1) is 0 Å². The summed E-state index contributed by atoms with van der Waals surface area (Å²) in [4.78, 5) is 10.3. The van der Waals surface area contributed by atoms with Crippen LogP contribution in [-0.2, 0) is 4.74 Å². The van der Waals surface area contributed by atoms with Gasteiger partial charge in [-0.1, -0.05) is 6.08 Å². The molecule has 4 nitrogen and oxygen atoms in total. The number of rotatable bonds is 1. The lowest BCUT2D eigenvalue weighted by molar-refractivity contribution is 0.0642. The van der Waals surface area contributed by atoms with Gasteiger partial charge in [-0.2, -0.15) is 0 Å². The molecule has 0 saturated carbocycles. The van der Waals surface area contributed by atoms with E-state index in [1.54, 1.807) is 6.08 Å². The summed E-state index contributed by atoms with van der Waals surface area (Å²) in [5.74, 6) is 0. The van der Waals surface area contributed by atoms with Crippen molar-refractivity contribution in [2.45, 2.75) is 37.8 Å². The zero-order valence-corrected chi connectivity index (χ0v) is 7.48. The summed E-state index contributed by atoms with van der Waals surface area (Å²) in [6, 6.07) is 0.171. The molecule has 1 rings (SSSR count). The quantitative estimate of drug-likeness (QED) is 0.479. The molecule has 74 valence electrons. The Labute approximate surface area is 77.4 Å². The molecule has 0 aliphatic heterocycles. The molecule has 1 aliphatic carbocycles. The summed E-state index contributed by atoms with van der Waals surface area (Å²) in [6.07, 6.45) is 5.59. The van der Waals surface area contributed by atoms with Gasteiger partial charge in [0.2, 0.25) is 0 Å². The Bertz CT molecular complexity index is 203. The Kier molecular flexibility index (Phi) is 3.76. The Morgan fingerprint density at radius 1 is 1.46 bits per heavy atom. The van der Waals surface area contributed by atoms with Crippen LogP contribution in [0, 0.1) is 0 Å². The van der Waals surface area contributed by atoms with Gasteiger partial charge in [0.1, 0.15) is 6.10 Å². The second-order valence-electron chi connectivity index (χ2n) is 3.27. The van der Waals surface area contributed by atoms with E-state index in [-0.39, 0.29) is 12.1 Å². The van der Waals surface area contributed by atoms with E-state index in [2.05, 4.69) is 4.74 Å². The fourth-order valence-corrected chi connectivity index (χ4v) is 1.40. The maximum absolute atomic E-state index is 10.3. The Hall–Kier alpha value is -1.03. The molecule has 0 amide bonds. The molecule has 0 aromatic carbocycles. The van der Waals surface area contributed by atoms with Crippen LogP contribution < -0.4 is 5.73 Å². The number of nitrogens with two attached hydrogens (primary N) is 1. The number of carboxylic acid groups (broad SMARTS) is 1. The lowest BCUT2D eigenvalue weighted by atomic mass is 10.0. The topological polar surface area (TPSA) is 72.5 Å². The first-order valence-corrected chi connectivity index (χ1v) is 4.50. The molecule has 3 N–H and O–H groups in total. The first-order valence-electron chi connectivity index (χ1n) is 4.50. The summed E-state index contributed by atoms with van der Waals surface area (Å²) >= 11 is 0. The molecule has 0 fully saturated rings. The van der Waals surface area contributed by atoms with Crippen molar-refractivity contribution in [1.82, 2.24) is 0 Å². The number of hydrogen-bond acceptors (Lipinski definition) is 3. The van der Waals surface area contributed by atoms with E-state index in [4.69, 9.17) is 10.8 Å². The molecule has 0 heterocycles. The van der Waals surface area contributed by atoms with Gasteiger partial charge in [-0.05, 0) is 31.8 Å². The van der Waals surface area contributed by atoms with Crippen LogP contribution in [0.1, 0.15) is 25.7 Å². The minimum absolute atomic E-state index is 0.171. The van der Waals surface area contributed by atoms with Crippen LogP contribution in [0.4, 0.5) is 4.79 Å². The fraction of sp³-hybridized carbons (Fsp3) is 0.667. The van der Waals surface area contributed by atoms with E-state index in [1.165, 1.54) is 0 Å². The summed E-state index contributed by atoms with van der Waals surface area (Å²) in [5, 5.41) is 8.41. The van der Waals surface area contributed by atoms with Crippen molar-refractivity contribution in [3.63, 3.8) is 0 Å². The largest absolute Gasteiger partial charge is 0.506 e. The lowest BCUT2D eigenvalue weighted by Crippen LogP contribution is -2.24. The molecule has 2 unspecified atom stereocenters. The highest BCUT2D eigenvalue weighted by atomic mass is 16.7. The molecule has 1 aliphatic rings. The van der Waals surface area contributed by atoms with Crippen molar-refractivity contribution in [2.75, 3.05) is 0 Å². The number of hydrogen-bond donors (Lipinski definition) is 2. The zero-order valence-electron chi connectivity index (χ0n) is 7.48. The standard InChI is InChI=1S/C9H15NO3/c10-7-3-1-2-4-8(6-5-7)13-9(11)12/h2,4,7-8H,1,3,5-6,10H2,(H,11,12). The van der Waals surface area contributed by atoms with Crippen molar-refractivity contribution in [3.05, 3.63) is 12.2 Å². The van der Waals surface area contributed by atoms with E-state index in [0.717, 1.165) is 19.3 Å². The predicted octanol–water partition coefficient (Wildman–Crippen LogP) is 1.51. The van der Waals surface area contributed by atoms with Crippen LogP contribution in [0.15, 0.2) is 12.2 Å². The molecule has 4 heteroatoms. The van der Waals surface area contributed by atoms with Crippen LogP contribution >= 0.6 is 0 Å². The number of allylic oxidation sites excluding steroid dienone is 1. The second kappa shape index (κ2) is 4.87. The molecule has 0 aromatic rings. The van der Waals surface area contributed by atoms with E-state index in [9.17, 15) is 4.79 Å². The summed E-state index contributed by atoms with van der Waals surface area (Å²) in [6.45, 7) is 0. The van der Waals surface area contributed by atoms with Gasteiger partial charge in [0, 0.05) is 6.04 Å². The number of carbonyl (C=O) groups is 1. The Morgan fingerprint density at radius 3 is 2.92 bits per heavy atom. The maximum atomic E-state index is 10.3. The minimum atomic E-state index is -1.22. The first kappa shape index (κ1) is 10.1. The molecule has 0 aromatic heterocycles. The van der Waals surface area contributed by atoms with Gasteiger partial charge < -0.3 is 15.6 Å². The van der Waals surface area contributed by atoms with E-state index in [1.807, 2.05) is 6.08 Å². The third kappa shape index (κ3) is 3.94. The molecule has 0 spiro atoms. The monoisotopic (exact) mass is 185 g/mol. The minimum Gasteiger partial charge on any atom is -0.450 e. The van der Waals surface area contributed by atoms with Crippen LogP contribution in [0.2, 0.25) is 0 Å². The smallest absolute Gasteiger partial charge is 0.450 e. The predicted molar refractivity (Wildman–Crippen MR) is 48.5 cm³/mol. The summed E-state index contributed by atoms with van der Waals surface area (Å²) in [5.41, 5.74) is 5.76. The maximum Gasteiger partial charge on any atom is 0.506 e. The fourth-order valence-electron chi connectivity index (χ4n) is 1.40. The van der Waals surface area contributed by atoms with Gasteiger partial charge in [0.25, 0.3) is 0 Å². The highest BCUT2D eigenvalue weighted by Crippen LogP contribution is 2.13. The molecule has 0 radical (unpaired) electrons. The van der Waals surface area contributed by atoms with Crippen molar-refractivity contribution in [3.8, 4) is 0 Å². The van der Waals surface area contributed by atoms with Crippen LogP contribution in [0.25, 0.3) is 0 Å². The molecular weight excluding hydrogens is 170 g/mol. The highest BCUT2D eigenvalue weighted by molar-refractivity contribution is 5.57. The third-order valence-electron chi connectivity index (χ3n) is 2.13. The van der Waals surface area contributed by atoms with Crippen LogP contribution in [-0.4, -0.2) is 23.4 Å². The SMILES string of the molecule is NC1CCC=CC(OC(=O)O)CC1. The van der Waals surface area contributed by atoms with Crippen molar-refractivity contribution in [2.24, 2.45) is 5.73 Å². The molecule has 2 atom stereocenters. The van der Waals surface area contributed by atoms with E-state index >= 15 is 0 Å². The van der Waals surface area contributed by atoms with Gasteiger partial charge in [0.15, 0.2) is 0 Å². The van der Waals surface area contributed by atoms with Gasteiger partial charge in [-0.25, -0.2) is 4.79 Å². The van der Waals surface area contributed by atoms with Crippen molar-refractivity contribution < 1.29 is 14.6 Å². The molecule has 0 saturated heterocycles. The van der Waals surface area contributed by atoms with Crippen molar-refractivity contribution in [1.29, 1.82) is 0 Å². The van der Waals surface area contributed by atoms with Crippen LogP contribution in [0.5, 0.6) is 0 Å². The van der Waals surface area contributed by atoms with Crippen molar-refractivity contribution >= 4 is 6.16 Å². The van der Waals surface area contributed by atoms with Gasteiger partial charge in [0.05, 0.1) is 0 Å². The summed E-state index contributed by atoms with van der Waals surface area (Å²) < 4.78 is 4.65. The van der Waals surface area contributed by atoms with Gasteiger partial charge >= 0.3 is 6.16 Å². The summed E-state index contributed by atoms with van der Waals surface area (Å²) in [7, 11) is 0. The lowest BCUT2D eigenvalue weighted by Gasteiger charge is -2.17. The van der Waals surface area contributed by atoms with E-state index < -0.39 is 6.16 Å². The van der Waals surface area contributed by atoms with Gasteiger partial charge in [-0.3, -0.25) is 0 Å². The average Bonchev–Trinajstić information content (AvgIpc) is 2.03. The van der Waals surface area contributed by atoms with E-state index in [0.29, 0.717) is 6.42 Å². The normalized spacial score (nSPS) is 29.0. The molecule has 0 bridgehead atoms. The third-order valence-corrected chi connectivity index (χ3v) is 2.13. The molecule has 13 heavy (non-hydrogen) atoms.